The van der Waals surface area contributed by atoms with Crippen LogP contribution >= 0.6 is 0 Å². The number of ether oxygens (including phenoxy) is 2. The number of likely N-dealkylation sites (tertiary alicyclic amines) is 2. The Kier molecular flexibility index (Phi) is 12.8. The number of rotatable bonds is 17. The highest BCUT2D eigenvalue weighted by Gasteiger charge is 2.49. The molecular formula is C39H55N5O3. The average molecular weight is 642 g/mol. The first-order valence-electron chi connectivity index (χ1n) is 17.6. The van der Waals surface area contributed by atoms with Gasteiger partial charge in [0.2, 0.25) is 5.91 Å². The summed E-state index contributed by atoms with van der Waals surface area (Å²) >= 11 is 0. The van der Waals surface area contributed by atoms with Gasteiger partial charge in [-0.25, -0.2) is 0 Å². The van der Waals surface area contributed by atoms with Crippen LogP contribution < -0.4 is 10.5 Å². The maximum absolute atomic E-state index is 13.3. The van der Waals surface area contributed by atoms with Crippen molar-refractivity contribution in [1.29, 1.82) is 0 Å². The minimum Gasteiger partial charge on any atom is -0.496 e. The first kappa shape index (κ1) is 35.0. The lowest BCUT2D eigenvalue weighted by atomic mass is 9.64. The monoisotopic (exact) mass is 641 g/mol. The molecule has 2 aliphatic rings. The predicted octanol–water partition coefficient (Wildman–Crippen LogP) is 5.36. The number of hydrogen-bond acceptors (Lipinski definition) is 7. The number of piperidine rings is 1. The fourth-order valence-corrected chi connectivity index (χ4v) is 8.00. The zero-order chi connectivity index (χ0) is 33.1. The van der Waals surface area contributed by atoms with E-state index in [1.807, 2.05) is 48.7 Å². The second kappa shape index (κ2) is 17.2. The molecule has 0 saturated carbocycles. The SMILES string of the molecule is COc1ccncc1CN1CCC(N(CCCOCCCN2CC[C@@H](C(C(N)=O)(c3ccccc3)c3ccccc3)C2)C(C)C)CC1. The van der Waals surface area contributed by atoms with Gasteiger partial charge >= 0.3 is 0 Å². The molecule has 0 unspecified atom stereocenters. The number of pyridine rings is 1. The number of primary amides is 1. The van der Waals surface area contributed by atoms with E-state index >= 15 is 0 Å². The van der Waals surface area contributed by atoms with E-state index in [2.05, 4.69) is 57.8 Å². The van der Waals surface area contributed by atoms with Crippen molar-refractivity contribution in [2.24, 2.45) is 11.7 Å². The zero-order valence-electron chi connectivity index (χ0n) is 28.7. The van der Waals surface area contributed by atoms with Crippen LogP contribution in [0.5, 0.6) is 5.75 Å². The molecule has 2 saturated heterocycles. The topological polar surface area (TPSA) is 84.2 Å². The molecule has 3 heterocycles. The average Bonchev–Trinajstić information content (AvgIpc) is 3.56. The quantitative estimate of drug-likeness (QED) is 0.199. The Labute approximate surface area is 282 Å². The minimum atomic E-state index is -0.834. The van der Waals surface area contributed by atoms with E-state index in [0.29, 0.717) is 12.1 Å². The molecule has 1 atom stereocenters. The Morgan fingerprint density at radius 1 is 0.936 bits per heavy atom. The number of nitrogens with zero attached hydrogens (tertiary/aromatic N) is 4. The number of aromatic nitrogens is 1. The highest BCUT2D eigenvalue weighted by Crippen LogP contribution is 2.43. The Morgan fingerprint density at radius 2 is 1.57 bits per heavy atom. The Balaban J connectivity index is 1.03. The van der Waals surface area contributed by atoms with Gasteiger partial charge < -0.3 is 20.1 Å². The molecule has 0 aliphatic carbocycles. The lowest BCUT2D eigenvalue weighted by Crippen LogP contribution is -2.49. The van der Waals surface area contributed by atoms with E-state index in [1.54, 1.807) is 13.3 Å². The van der Waals surface area contributed by atoms with Gasteiger partial charge in [-0.05, 0) is 88.7 Å². The summed E-state index contributed by atoms with van der Waals surface area (Å²) in [5.74, 6) is 0.779. The summed E-state index contributed by atoms with van der Waals surface area (Å²) in [7, 11) is 1.73. The van der Waals surface area contributed by atoms with Crippen LogP contribution in [0, 0.1) is 5.92 Å². The summed E-state index contributed by atoms with van der Waals surface area (Å²) in [4.78, 5) is 25.3. The molecule has 8 nitrogen and oxygen atoms in total. The molecule has 0 spiro atoms. The van der Waals surface area contributed by atoms with Gasteiger partial charge in [-0.15, -0.1) is 0 Å². The molecule has 2 aromatic carbocycles. The molecule has 2 N–H and O–H groups in total. The van der Waals surface area contributed by atoms with Crippen molar-refractivity contribution >= 4 is 5.91 Å². The van der Waals surface area contributed by atoms with Gasteiger partial charge in [0.15, 0.2) is 0 Å². The predicted molar refractivity (Wildman–Crippen MR) is 188 cm³/mol. The summed E-state index contributed by atoms with van der Waals surface area (Å²) in [6, 6.07) is 23.3. The normalized spacial score (nSPS) is 18.3. The Morgan fingerprint density at radius 3 is 2.19 bits per heavy atom. The number of amides is 1. The standard InChI is InChI=1S/C39H55N5O3/c1-31(2)44(36-18-24-43(25-19-36)29-32-28-41-20-16-37(32)46-3)22-11-27-47-26-10-21-42-23-17-35(30-42)39(38(40)45,33-12-6-4-7-13-33)34-14-8-5-9-15-34/h4-9,12-16,20,28,31,35-36H,10-11,17-19,21-27,29-30H2,1-3H3,(H2,40,45)/t35-/m1/s1. The molecule has 2 fully saturated rings. The lowest BCUT2D eigenvalue weighted by molar-refractivity contribution is -0.123. The Bertz CT molecular complexity index is 1320. The maximum atomic E-state index is 13.3. The number of carbonyl (C=O) groups excluding carboxylic acids is 1. The third-order valence-electron chi connectivity index (χ3n) is 10.4. The molecule has 8 heteroatoms. The molecule has 0 radical (unpaired) electrons. The van der Waals surface area contributed by atoms with Gasteiger partial charge in [-0.1, -0.05) is 60.7 Å². The van der Waals surface area contributed by atoms with Crippen molar-refractivity contribution in [3.05, 3.63) is 95.8 Å². The molecule has 47 heavy (non-hydrogen) atoms. The first-order valence-corrected chi connectivity index (χ1v) is 17.6. The van der Waals surface area contributed by atoms with Crippen LogP contribution in [-0.2, 0) is 21.5 Å². The van der Waals surface area contributed by atoms with Crippen LogP contribution in [0.2, 0.25) is 0 Å². The summed E-state index contributed by atoms with van der Waals surface area (Å²) < 4.78 is 11.7. The van der Waals surface area contributed by atoms with Crippen molar-refractivity contribution < 1.29 is 14.3 Å². The van der Waals surface area contributed by atoms with Gasteiger partial charge in [0.05, 0.1) is 7.11 Å². The highest BCUT2D eigenvalue weighted by atomic mass is 16.5. The molecule has 5 rings (SSSR count). The summed E-state index contributed by atoms with van der Waals surface area (Å²) in [6.07, 6.45) is 9.06. The van der Waals surface area contributed by atoms with Crippen molar-refractivity contribution in [3.63, 3.8) is 0 Å². The molecule has 2 aliphatic heterocycles. The summed E-state index contributed by atoms with van der Waals surface area (Å²) in [5, 5.41) is 0. The molecule has 3 aromatic rings. The molecule has 0 bridgehead atoms. The molecular weight excluding hydrogens is 586 g/mol. The number of hydrogen-bond donors (Lipinski definition) is 1. The van der Waals surface area contributed by atoms with E-state index in [0.717, 1.165) is 101 Å². The van der Waals surface area contributed by atoms with Crippen LogP contribution in [0.25, 0.3) is 0 Å². The number of carbonyl (C=O) groups is 1. The third kappa shape index (κ3) is 8.60. The fourth-order valence-electron chi connectivity index (χ4n) is 8.00. The zero-order valence-corrected chi connectivity index (χ0v) is 28.7. The summed E-state index contributed by atoms with van der Waals surface area (Å²) in [6.45, 7) is 13.1. The second-order valence-corrected chi connectivity index (χ2v) is 13.5. The van der Waals surface area contributed by atoms with Crippen LogP contribution in [0.3, 0.4) is 0 Å². The molecule has 1 amide bonds. The highest BCUT2D eigenvalue weighted by molar-refractivity contribution is 5.91. The van der Waals surface area contributed by atoms with Crippen molar-refractivity contribution in [2.75, 3.05) is 59.6 Å². The van der Waals surface area contributed by atoms with E-state index in [-0.39, 0.29) is 11.8 Å². The minimum absolute atomic E-state index is 0.123. The second-order valence-electron chi connectivity index (χ2n) is 13.5. The Hall–Kier alpha value is -3.30. The number of methoxy groups -OCH3 is 1. The van der Waals surface area contributed by atoms with Crippen LogP contribution in [0.1, 0.15) is 62.6 Å². The van der Waals surface area contributed by atoms with Gasteiger partial charge in [0.1, 0.15) is 11.2 Å². The summed E-state index contributed by atoms with van der Waals surface area (Å²) in [5.41, 5.74) is 8.57. The van der Waals surface area contributed by atoms with Crippen molar-refractivity contribution in [2.45, 2.75) is 70.0 Å². The fraction of sp³-hybridized carbons (Fsp3) is 0.538. The molecule has 1 aromatic heterocycles. The van der Waals surface area contributed by atoms with E-state index in [9.17, 15) is 4.79 Å². The van der Waals surface area contributed by atoms with Gasteiger partial charge in [0, 0.05) is 69.4 Å². The largest absolute Gasteiger partial charge is 0.496 e. The van der Waals surface area contributed by atoms with Crippen molar-refractivity contribution in [1.82, 2.24) is 19.7 Å². The van der Waals surface area contributed by atoms with E-state index in [1.165, 1.54) is 12.8 Å². The van der Waals surface area contributed by atoms with Crippen molar-refractivity contribution in [3.8, 4) is 5.75 Å². The first-order chi connectivity index (χ1) is 22.9. The van der Waals surface area contributed by atoms with Crippen LogP contribution in [0.15, 0.2) is 79.1 Å². The lowest BCUT2D eigenvalue weighted by Gasteiger charge is -2.40. The van der Waals surface area contributed by atoms with E-state index in [4.69, 9.17) is 15.2 Å². The number of benzene rings is 2. The van der Waals surface area contributed by atoms with Crippen LogP contribution in [0.4, 0.5) is 0 Å². The van der Waals surface area contributed by atoms with Gasteiger partial charge in [-0.3, -0.25) is 19.6 Å². The van der Waals surface area contributed by atoms with Crippen LogP contribution in [-0.4, -0.2) is 97.3 Å². The molecule has 254 valence electrons. The van der Waals surface area contributed by atoms with Gasteiger partial charge in [-0.2, -0.15) is 0 Å². The van der Waals surface area contributed by atoms with E-state index < -0.39 is 5.41 Å². The smallest absolute Gasteiger partial charge is 0.232 e. The third-order valence-corrected chi connectivity index (χ3v) is 10.4. The maximum Gasteiger partial charge on any atom is 0.232 e. The number of nitrogens with two attached hydrogens (primary N) is 1. The van der Waals surface area contributed by atoms with Gasteiger partial charge in [0.25, 0.3) is 0 Å².